The minimum Gasteiger partial charge on any atom is -0.496 e. The Hall–Kier alpha value is -0.630. The topological polar surface area (TPSA) is 9.23 Å². The van der Waals surface area contributed by atoms with Gasteiger partial charge in [-0.25, -0.2) is 0 Å². The minimum atomic E-state index is 0.114. The maximum absolute atomic E-state index is 5.58. The number of aryl methyl sites for hydroxylation is 2. The van der Waals surface area contributed by atoms with Gasteiger partial charge in [0.2, 0.25) is 0 Å². The molecule has 0 bridgehead atoms. The minimum absolute atomic E-state index is 0.114. The number of rotatable bonds is 3. The lowest BCUT2D eigenvalue weighted by Gasteiger charge is -2.24. The van der Waals surface area contributed by atoms with Crippen molar-refractivity contribution >= 4 is 12.6 Å². The number of hydrogen-bond acceptors (Lipinski definition) is 2. The molecule has 0 spiro atoms. The van der Waals surface area contributed by atoms with E-state index in [4.69, 9.17) is 4.74 Å². The van der Waals surface area contributed by atoms with Crippen LogP contribution in [0.5, 0.6) is 5.75 Å². The van der Waals surface area contributed by atoms with Gasteiger partial charge in [0.1, 0.15) is 5.75 Å². The monoisotopic (exact) mass is 238 g/mol. The third-order valence-electron chi connectivity index (χ3n) is 2.70. The smallest absolute Gasteiger partial charge is 0.125 e. The molecular formula is C14H22OS. The largest absolute Gasteiger partial charge is 0.496 e. The van der Waals surface area contributed by atoms with Gasteiger partial charge in [0, 0.05) is 5.56 Å². The van der Waals surface area contributed by atoms with Gasteiger partial charge in [-0.05, 0) is 30.1 Å². The Morgan fingerprint density at radius 3 is 2.31 bits per heavy atom. The summed E-state index contributed by atoms with van der Waals surface area (Å²) in [6, 6.07) is 4.42. The van der Waals surface area contributed by atoms with E-state index >= 15 is 0 Å². The summed E-state index contributed by atoms with van der Waals surface area (Å²) >= 11 is 4.30. The predicted octanol–water partition coefficient (Wildman–Crippen LogP) is 3.77. The second kappa shape index (κ2) is 5.13. The first-order valence-corrected chi connectivity index (χ1v) is 6.32. The van der Waals surface area contributed by atoms with Crippen LogP contribution in [0.4, 0.5) is 0 Å². The van der Waals surface area contributed by atoms with E-state index in [0.29, 0.717) is 0 Å². The third kappa shape index (κ3) is 2.94. The zero-order valence-corrected chi connectivity index (χ0v) is 11.8. The Kier molecular flexibility index (Phi) is 4.31. The van der Waals surface area contributed by atoms with Gasteiger partial charge in [-0.15, -0.1) is 0 Å². The summed E-state index contributed by atoms with van der Waals surface area (Å²) in [5.74, 6) is 1.88. The lowest BCUT2D eigenvalue weighted by Crippen LogP contribution is -2.14. The van der Waals surface area contributed by atoms with Crippen molar-refractivity contribution in [3.8, 4) is 5.75 Å². The highest BCUT2D eigenvalue weighted by Crippen LogP contribution is 2.35. The van der Waals surface area contributed by atoms with Crippen molar-refractivity contribution in [2.45, 2.75) is 39.5 Å². The second-order valence-corrected chi connectivity index (χ2v) is 5.68. The average Bonchev–Trinajstić information content (AvgIpc) is 2.16. The summed E-state index contributed by atoms with van der Waals surface area (Å²) in [5, 5.41) is 0. The number of ether oxygens (including phenoxy) is 1. The molecule has 1 aromatic rings. The molecule has 16 heavy (non-hydrogen) atoms. The third-order valence-corrected chi connectivity index (χ3v) is 2.93. The SMILES string of the molecule is COc1c(CCS)cc(C)cc1C(C)(C)C. The van der Waals surface area contributed by atoms with Crippen LogP contribution in [0, 0.1) is 6.92 Å². The molecule has 0 fully saturated rings. The fourth-order valence-corrected chi connectivity index (χ4v) is 2.19. The molecule has 2 heteroatoms. The molecule has 1 rings (SSSR count). The Bertz CT molecular complexity index is 364. The fourth-order valence-electron chi connectivity index (χ4n) is 1.95. The summed E-state index contributed by atoms with van der Waals surface area (Å²) < 4.78 is 5.58. The molecule has 0 saturated carbocycles. The van der Waals surface area contributed by atoms with E-state index in [1.54, 1.807) is 7.11 Å². The van der Waals surface area contributed by atoms with Crippen molar-refractivity contribution in [1.29, 1.82) is 0 Å². The van der Waals surface area contributed by atoms with E-state index in [2.05, 4.69) is 52.5 Å². The van der Waals surface area contributed by atoms with Crippen LogP contribution in [0.25, 0.3) is 0 Å². The molecule has 1 nitrogen and oxygen atoms in total. The normalized spacial score (nSPS) is 11.6. The van der Waals surface area contributed by atoms with E-state index in [-0.39, 0.29) is 5.41 Å². The predicted molar refractivity (Wildman–Crippen MR) is 74.0 cm³/mol. The molecule has 0 amide bonds. The standard InChI is InChI=1S/C14H22OS/c1-10-8-11(6-7-16)13(15-5)12(9-10)14(2,3)4/h8-9,16H,6-7H2,1-5H3. The highest BCUT2D eigenvalue weighted by atomic mass is 32.1. The molecule has 0 saturated heterocycles. The van der Waals surface area contributed by atoms with Crippen molar-refractivity contribution in [2.75, 3.05) is 12.9 Å². The first-order chi connectivity index (χ1) is 7.40. The van der Waals surface area contributed by atoms with Gasteiger partial charge in [0.15, 0.2) is 0 Å². The van der Waals surface area contributed by atoms with Gasteiger partial charge >= 0.3 is 0 Å². The molecule has 0 heterocycles. The molecule has 0 aromatic heterocycles. The van der Waals surface area contributed by atoms with E-state index in [0.717, 1.165) is 17.9 Å². The van der Waals surface area contributed by atoms with Crippen molar-refractivity contribution in [2.24, 2.45) is 0 Å². The molecule has 0 aliphatic carbocycles. The van der Waals surface area contributed by atoms with Crippen LogP contribution in [0.15, 0.2) is 12.1 Å². The van der Waals surface area contributed by atoms with Gasteiger partial charge in [-0.2, -0.15) is 12.6 Å². The molecular weight excluding hydrogens is 216 g/mol. The summed E-state index contributed by atoms with van der Waals surface area (Å²) in [6.07, 6.45) is 0.955. The van der Waals surface area contributed by atoms with Gasteiger partial charge in [-0.3, -0.25) is 0 Å². The maximum Gasteiger partial charge on any atom is 0.125 e. The van der Waals surface area contributed by atoms with Crippen LogP contribution >= 0.6 is 12.6 Å². The summed E-state index contributed by atoms with van der Waals surface area (Å²) in [4.78, 5) is 0. The van der Waals surface area contributed by atoms with Crippen molar-refractivity contribution in [1.82, 2.24) is 0 Å². The Labute approximate surface area is 105 Å². The van der Waals surface area contributed by atoms with Crippen molar-refractivity contribution in [3.05, 3.63) is 28.8 Å². The number of methoxy groups -OCH3 is 1. The van der Waals surface area contributed by atoms with Gasteiger partial charge < -0.3 is 4.74 Å². The van der Waals surface area contributed by atoms with Crippen molar-refractivity contribution < 1.29 is 4.74 Å². The van der Waals surface area contributed by atoms with Gasteiger partial charge in [0.05, 0.1) is 7.11 Å². The first-order valence-electron chi connectivity index (χ1n) is 5.69. The average molecular weight is 238 g/mol. The fraction of sp³-hybridized carbons (Fsp3) is 0.571. The van der Waals surface area contributed by atoms with Crippen LogP contribution in [0.3, 0.4) is 0 Å². The highest BCUT2D eigenvalue weighted by Gasteiger charge is 2.21. The highest BCUT2D eigenvalue weighted by molar-refractivity contribution is 7.80. The van der Waals surface area contributed by atoms with Crippen molar-refractivity contribution in [3.63, 3.8) is 0 Å². The molecule has 90 valence electrons. The van der Waals surface area contributed by atoms with Crippen LogP contribution in [-0.2, 0) is 11.8 Å². The number of thiol groups is 1. The molecule has 0 aliphatic heterocycles. The quantitative estimate of drug-likeness (QED) is 0.789. The van der Waals surface area contributed by atoms with E-state index in [1.807, 2.05) is 0 Å². The Morgan fingerprint density at radius 1 is 1.25 bits per heavy atom. The van der Waals surface area contributed by atoms with Crippen LogP contribution in [0.1, 0.15) is 37.5 Å². The summed E-state index contributed by atoms with van der Waals surface area (Å²) in [6.45, 7) is 8.79. The van der Waals surface area contributed by atoms with Crippen LogP contribution in [-0.4, -0.2) is 12.9 Å². The van der Waals surface area contributed by atoms with Gasteiger partial charge in [0.25, 0.3) is 0 Å². The van der Waals surface area contributed by atoms with Crippen LogP contribution < -0.4 is 4.74 Å². The number of benzene rings is 1. The second-order valence-electron chi connectivity index (χ2n) is 5.23. The molecule has 0 radical (unpaired) electrons. The molecule has 0 aliphatic rings. The first kappa shape index (κ1) is 13.4. The Morgan fingerprint density at radius 2 is 1.88 bits per heavy atom. The zero-order chi connectivity index (χ0) is 12.3. The van der Waals surface area contributed by atoms with E-state index in [1.165, 1.54) is 16.7 Å². The molecule has 0 atom stereocenters. The molecule has 0 unspecified atom stereocenters. The van der Waals surface area contributed by atoms with E-state index in [9.17, 15) is 0 Å². The summed E-state index contributed by atoms with van der Waals surface area (Å²) in [7, 11) is 1.75. The van der Waals surface area contributed by atoms with E-state index < -0.39 is 0 Å². The number of hydrogen-bond donors (Lipinski definition) is 1. The zero-order valence-electron chi connectivity index (χ0n) is 10.9. The maximum atomic E-state index is 5.58. The molecule has 1 aromatic carbocycles. The molecule has 0 N–H and O–H groups in total. The van der Waals surface area contributed by atoms with Crippen LogP contribution in [0.2, 0.25) is 0 Å². The summed E-state index contributed by atoms with van der Waals surface area (Å²) in [5.41, 5.74) is 3.96. The van der Waals surface area contributed by atoms with Gasteiger partial charge in [-0.1, -0.05) is 38.5 Å². The lowest BCUT2D eigenvalue weighted by molar-refractivity contribution is 0.393. The Balaban J connectivity index is 3.36. The lowest BCUT2D eigenvalue weighted by atomic mass is 9.84.